The lowest BCUT2D eigenvalue weighted by molar-refractivity contribution is -0.0480. The van der Waals surface area contributed by atoms with Gasteiger partial charge in [-0.1, -0.05) is 6.92 Å². The Balaban J connectivity index is 4.26. The minimum atomic E-state index is -0.922. The summed E-state index contributed by atoms with van der Waals surface area (Å²) in [5.41, 5.74) is 4.40. The smallest absolute Gasteiger partial charge is 0.0650 e. The van der Waals surface area contributed by atoms with Crippen LogP contribution in [0.2, 0.25) is 0 Å². The molecule has 0 heterocycles. The SMILES string of the molecule is CCC(O)C(CN)(CO)CO. The van der Waals surface area contributed by atoms with Crippen molar-refractivity contribution in [2.75, 3.05) is 19.8 Å². The van der Waals surface area contributed by atoms with E-state index in [9.17, 15) is 5.11 Å². The van der Waals surface area contributed by atoms with Gasteiger partial charge in [0.05, 0.1) is 24.7 Å². The van der Waals surface area contributed by atoms with Crippen molar-refractivity contribution >= 4 is 0 Å². The van der Waals surface area contributed by atoms with E-state index in [1.807, 2.05) is 0 Å². The number of rotatable bonds is 5. The quantitative estimate of drug-likeness (QED) is 0.405. The molecular formula is C7H17NO3. The van der Waals surface area contributed by atoms with Crippen molar-refractivity contribution in [3.05, 3.63) is 0 Å². The molecule has 1 unspecified atom stereocenters. The molecular weight excluding hydrogens is 146 g/mol. The van der Waals surface area contributed by atoms with Gasteiger partial charge in [0, 0.05) is 6.54 Å². The normalized spacial score (nSPS) is 15.0. The minimum Gasteiger partial charge on any atom is -0.396 e. The molecule has 68 valence electrons. The molecule has 0 aliphatic heterocycles. The lowest BCUT2D eigenvalue weighted by atomic mass is 9.82. The molecule has 1 atom stereocenters. The Labute approximate surface area is 66.7 Å². The van der Waals surface area contributed by atoms with Crippen LogP contribution in [-0.2, 0) is 0 Å². The Morgan fingerprint density at radius 2 is 1.82 bits per heavy atom. The van der Waals surface area contributed by atoms with Crippen molar-refractivity contribution in [3.63, 3.8) is 0 Å². The van der Waals surface area contributed by atoms with E-state index < -0.39 is 11.5 Å². The lowest BCUT2D eigenvalue weighted by Gasteiger charge is -2.32. The molecule has 0 aromatic heterocycles. The minimum absolute atomic E-state index is 0.0923. The van der Waals surface area contributed by atoms with E-state index in [-0.39, 0.29) is 19.8 Å². The van der Waals surface area contributed by atoms with E-state index in [0.29, 0.717) is 6.42 Å². The van der Waals surface area contributed by atoms with Crippen LogP contribution in [0.1, 0.15) is 13.3 Å². The van der Waals surface area contributed by atoms with Gasteiger partial charge < -0.3 is 21.1 Å². The van der Waals surface area contributed by atoms with Crippen molar-refractivity contribution < 1.29 is 15.3 Å². The van der Waals surface area contributed by atoms with Crippen LogP contribution >= 0.6 is 0 Å². The van der Waals surface area contributed by atoms with Crippen LogP contribution < -0.4 is 5.73 Å². The van der Waals surface area contributed by atoms with Gasteiger partial charge in [0.15, 0.2) is 0 Å². The summed E-state index contributed by atoms with van der Waals surface area (Å²) in [4.78, 5) is 0. The molecule has 0 aliphatic rings. The highest BCUT2D eigenvalue weighted by atomic mass is 16.3. The van der Waals surface area contributed by atoms with Crippen molar-refractivity contribution in [1.82, 2.24) is 0 Å². The predicted octanol–water partition coefficient (Wildman–Crippen LogP) is -1.31. The Morgan fingerprint density at radius 3 is 1.91 bits per heavy atom. The highest BCUT2D eigenvalue weighted by Crippen LogP contribution is 2.21. The summed E-state index contributed by atoms with van der Waals surface area (Å²) in [5.74, 6) is 0. The van der Waals surface area contributed by atoms with Crippen molar-refractivity contribution in [1.29, 1.82) is 0 Å². The summed E-state index contributed by atoms with van der Waals surface area (Å²) >= 11 is 0. The van der Waals surface area contributed by atoms with Crippen molar-refractivity contribution in [3.8, 4) is 0 Å². The molecule has 5 N–H and O–H groups in total. The first-order chi connectivity index (χ1) is 5.16. The lowest BCUT2D eigenvalue weighted by Crippen LogP contribution is -2.47. The Morgan fingerprint density at radius 1 is 1.36 bits per heavy atom. The largest absolute Gasteiger partial charge is 0.396 e. The molecule has 0 bridgehead atoms. The van der Waals surface area contributed by atoms with Gasteiger partial charge in [-0.3, -0.25) is 0 Å². The maximum Gasteiger partial charge on any atom is 0.0650 e. The number of nitrogens with two attached hydrogens (primary N) is 1. The molecule has 0 amide bonds. The molecule has 0 aromatic rings. The summed E-state index contributed by atoms with van der Waals surface area (Å²) in [6.07, 6.45) is -0.249. The van der Waals surface area contributed by atoms with Gasteiger partial charge in [0.25, 0.3) is 0 Å². The summed E-state index contributed by atoms with van der Waals surface area (Å²) in [5, 5.41) is 27.1. The van der Waals surface area contributed by atoms with E-state index in [1.165, 1.54) is 0 Å². The van der Waals surface area contributed by atoms with E-state index >= 15 is 0 Å². The maximum absolute atomic E-state index is 9.37. The van der Waals surface area contributed by atoms with Crippen molar-refractivity contribution in [2.24, 2.45) is 11.1 Å². The van der Waals surface area contributed by atoms with E-state index in [4.69, 9.17) is 15.9 Å². The maximum atomic E-state index is 9.37. The Kier molecular flexibility index (Phi) is 4.60. The molecule has 4 heteroatoms. The molecule has 0 spiro atoms. The first kappa shape index (κ1) is 10.8. The standard InChI is InChI=1S/C7H17NO3/c1-2-6(11)7(3-8,4-9)5-10/h6,9-11H,2-5,8H2,1H3. The number of aliphatic hydroxyl groups excluding tert-OH is 3. The topological polar surface area (TPSA) is 86.7 Å². The fourth-order valence-electron chi connectivity index (χ4n) is 0.959. The average Bonchev–Trinajstić information content (AvgIpc) is 2.08. The second kappa shape index (κ2) is 4.66. The molecule has 4 nitrogen and oxygen atoms in total. The van der Waals surface area contributed by atoms with Crippen LogP contribution in [0.25, 0.3) is 0 Å². The zero-order chi connectivity index (χ0) is 8.91. The van der Waals surface area contributed by atoms with E-state index in [1.54, 1.807) is 6.92 Å². The van der Waals surface area contributed by atoms with Crippen LogP contribution in [0.5, 0.6) is 0 Å². The van der Waals surface area contributed by atoms with Gasteiger partial charge in [0.2, 0.25) is 0 Å². The highest BCUT2D eigenvalue weighted by Gasteiger charge is 2.34. The van der Waals surface area contributed by atoms with Crippen molar-refractivity contribution in [2.45, 2.75) is 19.4 Å². The molecule has 0 saturated heterocycles. The first-order valence-electron chi connectivity index (χ1n) is 3.76. The van der Waals surface area contributed by atoms with Gasteiger partial charge in [-0.05, 0) is 6.42 Å². The van der Waals surface area contributed by atoms with Gasteiger partial charge in [-0.25, -0.2) is 0 Å². The second-order valence-corrected chi connectivity index (χ2v) is 2.81. The van der Waals surface area contributed by atoms with E-state index in [0.717, 1.165) is 0 Å². The van der Waals surface area contributed by atoms with Crippen LogP contribution in [0.3, 0.4) is 0 Å². The molecule has 0 aromatic carbocycles. The average molecular weight is 163 g/mol. The van der Waals surface area contributed by atoms with Gasteiger partial charge in [-0.2, -0.15) is 0 Å². The second-order valence-electron chi connectivity index (χ2n) is 2.81. The number of hydrogen-bond donors (Lipinski definition) is 4. The third kappa shape index (κ3) is 2.13. The Hall–Kier alpha value is -0.160. The molecule has 0 fully saturated rings. The summed E-state index contributed by atoms with van der Waals surface area (Å²) < 4.78 is 0. The number of hydrogen-bond acceptors (Lipinski definition) is 4. The van der Waals surface area contributed by atoms with Crippen LogP contribution in [0.15, 0.2) is 0 Å². The summed E-state index contributed by atoms with van der Waals surface area (Å²) in [6.45, 7) is 1.30. The monoisotopic (exact) mass is 163 g/mol. The summed E-state index contributed by atoms with van der Waals surface area (Å²) in [7, 11) is 0. The highest BCUT2D eigenvalue weighted by molar-refractivity contribution is 4.85. The first-order valence-corrected chi connectivity index (χ1v) is 3.76. The fraction of sp³-hybridized carbons (Fsp3) is 1.00. The third-order valence-corrected chi connectivity index (χ3v) is 2.13. The molecule has 0 rings (SSSR count). The zero-order valence-electron chi connectivity index (χ0n) is 6.82. The molecule has 0 aliphatic carbocycles. The molecule has 0 saturated carbocycles. The molecule has 11 heavy (non-hydrogen) atoms. The zero-order valence-corrected chi connectivity index (χ0v) is 6.82. The van der Waals surface area contributed by atoms with Crippen LogP contribution in [0.4, 0.5) is 0 Å². The third-order valence-electron chi connectivity index (χ3n) is 2.13. The van der Waals surface area contributed by atoms with Gasteiger partial charge >= 0.3 is 0 Å². The Bertz CT molecular complexity index is 95.6. The molecule has 0 radical (unpaired) electrons. The fourth-order valence-corrected chi connectivity index (χ4v) is 0.959. The van der Waals surface area contributed by atoms with E-state index in [2.05, 4.69) is 0 Å². The van der Waals surface area contributed by atoms with Crippen LogP contribution in [0, 0.1) is 5.41 Å². The van der Waals surface area contributed by atoms with Crippen LogP contribution in [-0.4, -0.2) is 41.2 Å². The number of aliphatic hydroxyl groups is 3. The predicted molar refractivity (Wildman–Crippen MR) is 42.0 cm³/mol. The van der Waals surface area contributed by atoms with Gasteiger partial charge in [-0.15, -0.1) is 0 Å². The summed E-state index contributed by atoms with van der Waals surface area (Å²) in [6, 6.07) is 0. The van der Waals surface area contributed by atoms with Gasteiger partial charge in [0.1, 0.15) is 0 Å².